The maximum atomic E-state index is 14.0. The zero-order chi connectivity index (χ0) is 36.1. The number of rotatable bonds is 10. The van der Waals surface area contributed by atoms with Crippen LogP contribution < -0.4 is 10.1 Å². The molecule has 0 saturated carbocycles. The van der Waals surface area contributed by atoms with Crippen LogP contribution in [0.2, 0.25) is 0 Å². The zero-order valence-corrected chi connectivity index (χ0v) is 31.7. The Labute approximate surface area is 316 Å². The average molecular weight is 760 g/mol. The fourth-order valence-electron chi connectivity index (χ4n) is 8.08. The van der Waals surface area contributed by atoms with Crippen LogP contribution in [0.25, 0.3) is 0 Å². The molecule has 0 aromatic heterocycles. The lowest BCUT2D eigenvalue weighted by Crippen LogP contribution is -2.69. The second-order valence-corrected chi connectivity index (χ2v) is 14.9. The summed E-state index contributed by atoms with van der Waals surface area (Å²) in [6.45, 7) is 2.66. The van der Waals surface area contributed by atoms with Gasteiger partial charge in [0.2, 0.25) is 0 Å². The maximum Gasteiger partial charge on any atom is 0.321 e. The van der Waals surface area contributed by atoms with E-state index in [4.69, 9.17) is 9.47 Å². The van der Waals surface area contributed by atoms with E-state index >= 15 is 0 Å². The fourth-order valence-corrected chi connectivity index (χ4v) is 8.34. The molecule has 5 aromatic carbocycles. The Hall–Kier alpha value is -4.47. The van der Waals surface area contributed by atoms with Crippen molar-refractivity contribution in [2.24, 2.45) is 0 Å². The smallest absolute Gasteiger partial charge is 0.321 e. The van der Waals surface area contributed by atoms with Gasteiger partial charge in [-0.25, -0.2) is 4.79 Å². The summed E-state index contributed by atoms with van der Waals surface area (Å²) in [6, 6.07) is 48.3. The quantitative estimate of drug-likeness (QED) is 0.145. The Kier molecular flexibility index (Phi) is 11.1. The first-order chi connectivity index (χ1) is 25.4. The summed E-state index contributed by atoms with van der Waals surface area (Å²) < 4.78 is 13.9. The van der Waals surface area contributed by atoms with E-state index in [0.29, 0.717) is 19.7 Å². The van der Waals surface area contributed by atoms with Gasteiger partial charge >= 0.3 is 6.03 Å². The lowest BCUT2D eigenvalue weighted by Gasteiger charge is -2.58. The van der Waals surface area contributed by atoms with Crippen LogP contribution in [0.3, 0.4) is 0 Å². The van der Waals surface area contributed by atoms with Gasteiger partial charge in [0.05, 0.1) is 13.7 Å². The minimum absolute atomic E-state index is 0.0918. The molecule has 1 N–H and O–H groups in total. The molecule has 2 amide bonds. The van der Waals surface area contributed by atoms with Crippen LogP contribution in [0.1, 0.15) is 34.6 Å². The Morgan fingerprint density at radius 2 is 1.35 bits per heavy atom. The second-order valence-electron chi connectivity index (χ2n) is 14.0. The van der Waals surface area contributed by atoms with Gasteiger partial charge in [0.25, 0.3) is 0 Å². The van der Waals surface area contributed by atoms with Crippen LogP contribution in [0.5, 0.6) is 5.75 Å². The highest BCUT2D eigenvalue weighted by molar-refractivity contribution is 9.10. The average Bonchev–Trinajstić information content (AvgIpc) is 3.17. The summed E-state index contributed by atoms with van der Waals surface area (Å²) >= 11 is 3.66. The van der Waals surface area contributed by atoms with E-state index in [-0.39, 0.29) is 30.1 Å². The van der Waals surface area contributed by atoms with E-state index in [9.17, 15) is 4.79 Å². The molecule has 0 spiro atoms. The summed E-state index contributed by atoms with van der Waals surface area (Å²) in [7, 11) is 5.86. The predicted octanol–water partition coefficient (Wildman–Crippen LogP) is 8.47. The van der Waals surface area contributed by atoms with Crippen LogP contribution in [0.15, 0.2) is 144 Å². The van der Waals surface area contributed by atoms with E-state index in [1.54, 1.807) is 7.11 Å². The lowest BCUT2D eigenvalue weighted by molar-refractivity contribution is -0.105. The number of likely N-dealkylation sites (N-methyl/N-ethyl adjacent to an activating group) is 1. The predicted molar refractivity (Wildman–Crippen MR) is 212 cm³/mol. The Morgan fingerprint density at radius 3 is 1.87 bits per heavy atom. The monoisotopic (exact) mass is 758 g/mol. The van der Waals surface area contributed by atoms with Crippen molar-refractivity contribution >= 4 is 27.6 Å². The molecule has 2 heterocycles. The number of nitrogens with one attached hydrogen (secondary N) is 1. The number of urea groups is 1. The van der Waals surface area contributed by atoms with Crippen molar-refractivity contribution in [1.29, 1.82) is 0 Å². The molecular weight excluding hydrogens is 712 g/mol. The number of benzene rings is 5. The molecule has 8 heteroatoms. The van der Waals surface area contributed by atoms with Gasteiger partial charge in [0.1, 0.15) is 11.4 Å². The number of carbonyl (C=O) groups excluding carboxylic acids is 1. The molecule has 2 saturated heterocycles. The lowest BCUT2D eigenvalue weighted by atomic mass is 9.73. The van der Waals surface area contributed by atoms with Gasteiger partial charge in [-0.2, -0.15) is 0 Å². The number of methoxy groups -OCH3 is 1. The summed E-state index contributed by atoms with van der Waals surface area (Å²) in [5.41, 5.74) is 4.44. The molecule has 0 unspecified atom stereocenters. The van der Waals surface area contributed by atoms with E-state index < -0.39 is 5.60 Å². The van der Waals surface area contributed by atoms with Crippen molar-refractivity contribution in [2.45, 2.75) is 36.1 Å². The van der Waals surface area contributed by atoms with Gasteiger partial charge in [0, 0.05) is 53.8 Å². The van der Waals surface area contributed by atoms with Crippen LogP contribution in [0, 0.1) is 0 Å². The maximum absolute atomic E-state index is 14.0. The van der Waals surface area contributed by atoms with Crippen molar-refractivity contribution in [1.82, 2.24) is 14.7 Å². The first-order valence-corrected chi connectivity index (χ1v) is 18.8. The minimum Gasteiger partial charge on any atom is -0.497 e. The number of fused-ring (bicyclic) bond motifs is 1. The van der Waals surface area contributed by atoms with E-state index in [0.717, 1.165) is 45.6 Å². The third-order valence-corrected chi connectivity index (χ3v) is 11.4. The molecule has 4 atom stereocenters. The molecule has 268 valence electrons. The summed E-state index contributed by atoms with van der Waals surface area (Å²) in [6.07, 6.45) is 0.931. The van der Waals surface area contributed by atoms with Crippen molar-refractivity contribution < 1.29 is 14.3 Å². The molecule has 0 bridgehead atoms. The Morgan fingerprint density at radius 1 is 0.788 bits per heavy atom. The Balaban J connectivity index is 1.24. The van der Waals surface area contributed by atoms with Crippen molar-refractivity contribution in [3.05, 3.63) is 166 Å². The highest BCUT2D eigenvalue weighted by Gasteiger charge is 2.52. The molecular formula is C44H47BrN4O3. The minimum atomic E-state index is -0.821. The van der Waals surface area contributed by atoms with Gasteiger partial charge < -0.3 is 24.6 Å². The zero-order valence-electron chi connectivity index (χ0n) is 30.1. The third kappa shape index (κ3) is 7.39. The third-order valence-electron chi connectivity index (χ3n) is 10.9. The number of halogens is 1. The van der Waals surface area contributed by atoms with Crippen molar-refractivity contribution in [3.63, 3.8) is 0 Å². The van der Waals surface area contributed by atoms with Crippen LogP contribution in [0.4, 0.5) is 10.5 Å². The first kappa shape index (κ1) is 35.9. The molecule has 0 aliphatic carbocycles. The Bertz CT molecular complexity index is 1800. The number of ether oxygens (including phenoxy) is 2. The molecule has 2 aliphatic rings. The molecule has 5 aromatic rings. The van der Waals surface area contributed by atoms with E-state index in [2.05, 4.69) is 160 Å². The van der Waals surface area contributed by atoms with Crippen LogP contribution >= 0.6 is 15.9 Å². The standard InChI is InChI=1S/C44H47BrN4O3/c1-47(2)38-27-28-49-40(30-48(29-38)43(50)46-37-23-25-39(51-3)26-24-37)42(32-19-21-36(45)22-20-32)41(49)31-52-44(33-13-7-4-8-14-33,34-15-9-5-10-16-34)35-17-11-6-12-18-35/h4-26,38,40-42H,27-31H2,1-3H3,(H,46,50)/t38-,40-,41+,42+/m0/s1. The normalized spacial score (nSPS) is 20.7. The second kappa shape index (κ2) is 16.0. The van der Waals surface area contributed by atoms with E-state index in [1.165, 1.54) is 5.56 Å². The molecule has 2 aliphatic heterocycles. The highest BCUT2D eigenvalue weighted by Crippen LogP contribution is 2.46. The summed E-state index contributed by atoms with van der Waals surface area (Å²) in [5.74, 6) is 0.906. The number of amides is 2. The summed E-state index contributed by atoms with van der Waals surface area (Å²) in [5, 5.41) is 3.17. The number of hydrogen-bond acceptors (Lipinski definition) is 5. The molecule has 52 heavy (non-hydrogen) atoms. The molecule has 7 rings (SSSR count). The van der Waals surface area contributed by atoms with Gasteiger partial charge in [0.15, 0.2) is 0 Å². The van der Waals surface area contributed by atoms with Crippen molar-refractivity contribution in [3.8, 4) is 5.75 Å². The largest absolute Gasteiger partial charge is 0.497 e. The fraction of sp³-hybridized carbons (Fsp3) is 0.295. The topological polar surface area (TPSA) is 57.3 Å². The highest BCUT2D eigenvalue weighted by atomic mass is 79.9. The number of hydrogen-bond donors (Lipinski definition) is 1. The van der Waals surface area contributed by atoms with Gasteiger partial charge in [-0.15, -0.1) is 0 Å². The van der Waals surface area contributed by atoms with E-state index in [1.807, 2.05) is 29.2 Å². The SMILES string of the molecule is COc1ccc(NC(=O)N2C[C@@H](N(C)C)CCN3[C@H](COC(c4ccccc4)(c4ccccc4)c4ccccc4)[C@H](c4ccc(Br)cc4)[C@@H]3C2)cc1. The number of nitrogens with zero attached hydrogens (tertiary/aromatic N) is 3. The van der Waals surface area contributed by atoms with Crippen LogP contribution in [-0.2, 0) is 10.3 Å². The van der Waals surface area contributed by atoms with Crippen molar-refractivity contribution in [2.75, 3.05) is 52.8 Å². The number of carbonyl (C=O) groups is 1. The first-order valence-electron chi connectivity index (χ1n) is 18.1. The van der Waals surface area contributed by atoms with Crippen LogP contribution in [-0.4, -0.2) is 86.3 Å². The van der Waals surface area contributed by atoms with Gasteiger partial charge in [-0.05, 0) is 79.2 Å². The number of anilines is 1. The summed E-state index contributed by atoms with van der Waals surface area (Å²) in [4.78, 5) is 20.9. The van der Waals surface area contributed by atoms with Gasteiger partial charge in [-0.3, -0.25) is 4.90 Å². The van der Waals surface area contributed by atoms with Gasteiger partial charge in [-0.1, -0.05) is 119 Å². The molecule has 2 fully saturated rings. The molecule has 7 nitrogen and oxygen atoms in total. The molecule has 0 radical (unpaired) electrons.